The number of amides is 1. The van der Waals surface area contributed by atoms with Gasteiger partial charge in [-0.25, -0.2) is 4.39 Å². The molecule has 4 unspecified atom stereocenters. The number of alkyl halides is 3. The zero-order valence-corrected chi connectivity index (χ0v) is 27.9. The lowest BCUT2D eigenvalue weighted by Crippen LogP contribution is -2.50. The lowest BCUT2D eigenvalue weighted by atomic mass is 9.80. The van der Waals surface area contributed by atoms with Gasteiger partial charge < -0.3 is 20.2 Å². The summed E-state index contributed by atoms with van der Waals surface area (Å²) in [4.78, 5) is 19.8. The Morgan fingerprint density at radius 3 is 2.42 bits per heavy atom. The predicted octanol–water partition coefficient (Wildman–Crippen LogP) is 7.76. The molecular weight excluding hydrogens is 620 g/mol. The molecule has 2 N–H and O–H groups in total. The number of carbonyl (C=O) groups excluding carboxylic acids is 1. The average molecular weight is 669 g/mol. The minimum atomic E-state index is -4.27. The highest BCUT2D eigenvalue weighted by atomic mass is 19.4. The molecule has 3 saturated heterocycles. The first-order valence-electron chi connectivity index (χ1n) is 17.6. The molecule has 0 bridgehead atoms. The fraction of sp³-hybridized carbons (Fsp3) is 0.553. The first-order chi connectivity index (χ1) is 23.0. The van der Waals surface area contributed by atoms with Crippen molar-refractivity contribution in [2.45, 2.75) is 89.8 Å². The van der Waals surface area contributed by atoms with Crippen molar-refractivity contribution in [3.63, 3.8) is 0 Å². The smallest absolute Gasteiger partial charge is 0.373 e. The van der Waals surface area contributed by atoms with E-state index in [4.69, 9.17) is 0 Å². The molecule has 0 radical (unpaired) electrons. The van der Waals surface area contributed by atoms with E-state index in [9.17, 15) is 23.1 Å². The van der Waals surface area contributed by atoms with Gasteiger partial charge >= 0.3 is 6.18 Å². The first kappa shape index (κ1) is 34.5. The molecule has 0 aromatic heterocycles. The highest BCUT2D eigenvalue weighted by molar-refractivity contribution is 5.83. The summed E-state index contributed by atoms with van der Waals surface area (Å²) in [5.74, 6) is -2.47. The number of carbonyl (C=O) groups is 1. The second-order valence-corrected chi connectivity index (χ2v) is 13.9. The highest BCUT2D eigenvalue weighted by Gasteiger charge is 2.46. The topological polar surface area (TPSA) is 59.1 Å². The van der Waals surface area contributed by atoms with Crippen LogP contribution in [-0.2, 0) is 17.8 Å². The van der Waals surface area contributed by atoms with Crippen LogP contribution in [0.25, 0.3) is 0 Å². The maximum atomic E-state index is 15.2. The summed E-state index contributed by atoms with van der Waals surface area (Å²) in [5.41, 5.74) is 4.75. The van der Waals surface area contributed by atoms with Crippen LogP contribution in [0.2, 0.25) is 0 Å². The van der Waals surface area contributed by atoms with Gasteiger partial charge in [0.05, 0.1) is 12.0 Å². The van der Waals surface area contributed by atoms with Crippen molar-refractivity contribution in [2.75, 3.05) is 36.4 Å². The van der Waals surface area contributed by atoms with E-state index in [2.05, 4.69) is 29.3 Å². The van der Waals surface area contributed by atoms with Crippen molar-refractivity contribution in [1.82, 2.24) is 9.80 Å². The number of hydrogen-bond donors (Lipinski definition) is 2. The molecule has 4 aliphatic rings. The van der Waals surface area contributed by atoms with Gasteiger partial charge in [-0.05, 0) is 92.3 Å². The lowest BCUT2D eigenvalue weighted by molar-refractivity contribution is -0.177. The van der Waals surface area contributed by atoms with Crippen molar-refractivity contribution in [3.8, 4) is 0 Å². The lowest BCUT2D eigenvalue weighted by Gasteiger charge is -2.45. The third-order valence-electron chi connectivity index (χ3n) is 10.8. The van der Waals surface area contributed by atoms with Gasteiger partial charge in [-0.1, -0.05) is 56.3 Å². The molecule has 3 heterocycles. The Bertz CT molecular complexity index is 1490. The largest absolute Gasteiger partial charge is 0.404 e. The number of nitrogens with one attached hydrogen (secondary N) is 1. The van der Waals surface area contributed by atoms with Gasteiger partial charge in [-0.15, -0.1) is 0 Å². The summed E-state index contributed by atoms with van der Waals surface area (Å²) in [5, 5.41) is 15.2. The van der Waals surface area contributed by atoms with E-state index in [0.29, 0.717) is 32.4 Å². The van der Waals surface area contributed by atoms with E-state index in [1.54, 1.807) is 11.0 Å². The number of hydrogen-bond acceptors (Lipinski definition) is 5. The van der Waals surface area contributed by atoms with Crippen LogP contribution in [-0.4, -0.2) is 65.4 Å². The monoisotopic (exact) mass is 668 g/mol. The molecule has 2 aromatic rings. The number of benzene rings is 2. The van der Waals surface area contributed by atoms with Crippen molar-refractivity contribution in [1.29, 1.82) is 0 Å². The van der Waals surface area contributed by atoms with E-state index in [0.717, 1.165) is 49.2 Å². The number of anilines is 2. The normalized spacial score (nSPS) is 27.3. The van der Waals surface area contributed by atoms with Crippen molar-refractivity contribution in [2.24, 2.45) is 17.8 Å². The van der Waals surface area contributed by atoms with Gasteiger partial charge in [-0.3, -0.25) is 9.69 Å². The molecule has 260 valence electrons. The van der Waals surface area contributed by atoms with Gasteiger partial charge in [0.15, 0.2) is 0 Å². The molecule has 0 spiro atoms. The van der Waals surface area contributed by atoms with Gasteiger partial charge in [0, 0.05) is 43.5 Å². The summed E-state index contributed by atoms with van der Waals surface area (Å²) in [6.07, 6.45) is 4.64. The molecule has 2 aromatic carbocycles. The second kappa shape index (κ2) is 14.6. The predicted molar refractivity (Wildman–Crippen MR) is 181 cm³/mol. The Morgan fingerprint density at radius 1 is 1.00 bits per heavy atom. The standard InChI is InChI=1S/C38H48F4N4O2/c1-3-27-17-18-29(23-32(27)44-19-4-5-20-44)43-36(47)30-10-7-22-46(37(48)34-25(2)9-6-11-31(34)39)35(30)28-15-13-26(14-16-28)24-45-21-8-12-33(45)38(40,41)42/h6,9,11,13-18,23,25,30,33-36,43,47H,3-5,7-8,10,12,19-22,24H2,1-2H3/t25?,30?,33?,34?,35-,36+/m0/s1. The van der Waals surface area contributed by atoms with Gasteiger partial charge in [0.1, 0.15) is 18.1 Å². The van der Waals surface area contributed by atoms with Crippen molar-refractivity contribution >= 4 is 17.3 Å². The Kier molecular flexibility index (Phi) is 10.5. The van der Waals surface area contributed by atoms with Crippen LogP contribution in [0.5, 0.6) is 0 Å². The molecule has 1 amide bonds. The quantitative estimate of drug-likeness (QED) is 0.211. The minimum absolute atomic E-state index is 0.105. The zero-order chi connectivity index (χ0) is 34.0. The molecule has 6 rings (SSSR count). The maximum Gasteiger partial charge on any atom is 0.404 e. The van der Waals surface area contributed by atoms with E-state index in [-0.39, 0.29) is 24.8 Å². The summed E-state index contributed by atoms with van der Waals surface area (Å²) < 4.78 is 56.0. The summed E-state index contributed by atoms with van der Waals surface area (Å²) in [6, 6.07) is 11.6. The molecular formula is C38H48F4N4O2. The number of allylic oxidation sites excluding steroid dienone is 3. The van der Waals surface area contributed by atoms with E-state index in [1.807, 2.05) is 43.3 Å². The Balaban J connectivity index is 1.28. The third-order valence-corrected chi connectivity index (χ3v) is 10.8. The Hall–Kier alpha value is -3.37. The van der Waals surface area contributed by atoms with Crippen molar-refractivity contribution < 1.29 is 27.5 Å². The number of piperidine rings is 1. The SMILES string of the molecule is CCc1ccc(N[C@H](O)C2CCCN(C(=O)C3C(F)=CC=CC3C)[C@H]2c2ccc(CN3CCCC3C(F)(F)F)cc2)cc1N1CCCC1. The van der Waals surface area contributed by atoms with Crippen LogP contribution in [0.4, 0.5) is 28.9 Å². The van der Waals surface area contributed by atoms with Crippen molar-refractivity contribution in [3.05, 3.63) is 83.2 Å². The number of likely N-dealkylation sites (tertiary alicyclic amines) is 2. The number of nitrogens with zero attached hydrogens (tertiary/aromatic N) is 3. The number of aliphatic hydroxyl groups excluding tert-OH is 1. The Morgan fingerprint density at radius 2 is 1.73 bits per heavy atom. The van der Waals surface area contributed by atoms with Crippen LogP contribution < -0.4 is 10.2 Å². The maximum absolute atomic E-state index is 15.2. The molecule has 3 aliphatic heterocycles. The van der Waals surface area contributed by atoms with E-state index >= 15 is 4.39 Å². The molecule has 6 nitrogen and oxygen atoms in total. The summed E-state index contributed by atoms with van der Waals surface area (Å²) in [6.45, 7) is 6.97. The first-order valence-corrected chi connectivity index (χ1v) is 17.6. The second-order valence-electron chi connectivity index (χ2n) is 13.9. The average Bonchev–Trinajstić information content (AvgIpc) is 3.78. The molecule has 48 heavy (non-hydrogen) atoms. The zero-order valence-electron chi connectivity index (χ0n) is 27.9. The van der Waals surface area contributed by atoms with Crippen LogP contribution in [0.1, 0.15) is 75.1 Å². The highest BCUT2D eigenvalue weighted by Crippen LogP contribution is 2.42. The fourth-order valence-electron chi connectivity index (χ4n) is 8.26. The van der Waals surface area contributed by atoms with Gasteiger partial charge in [0.25, 0.3) is 0 Å². The summed E-state index contributed by atoms with van der Waals surface area (Å²) in [7, 11) is 0. The van der Waals surface area contributed by atoms with E-state index < -0.39 is 42.2 Å². The minimum Gasteiger partial charge on any atom is -0.373 e. The van der Waals surface area contributed by atoms with Gasteiger partial charge in [-0.2, -0.15) is 13.2 Å². The van der Waals surface area contributed by atoms with Crippen LogP contribution in [0.3, 0.4) is 0 Å². The molecule has 10 heteroatoms. The number of aryl methyl sites for hydroxylation is 1. The fourth-order valence-corrected chi connectivity index (χ4v) is 8.26. The number of halogens is 4. The van der Waals surface area contributed by atoms with Crippen LogP contribution >= 0.6 is 0 Å². The van der Waals surface area contributed by atoms with Gasteiger partial charge in [0.2, 0.25) is 5.91 Å². The number of aliphatic hydroxyl groups is 1. The van der Waals surface area contributed by atoms with E-state index in [1.165, 1.54) is 22.2 Å². The van der Waals surface area contributed by atoms with Crippen LogP contribution in [0.15, 0.2) is 66.5 Å². The van der Waals surface area contributed by atoms with Crippen LogP contribution in [0, 0.1) is 17.8 Å². The summed E-state index contributed by atoms with van der Waals surface area (Å²) >= 11 is 0. The molecule has 3 fully saturated rings. The third kappa shape index (κ3) is 7.30. The molecule has 6 atom stereocenters. The molecule has 1 aliphatic carbocycles. The Labute approximate surface area is 281 Å². The molecule has 0 saturated carbocycles. The number of rotatable bonds is 9.